The number of amides is 1. The third-order valence-corrected chi connectivity index (χ3v) is 3.58. The van der Waals surface area contributed by atoms with Crippen molar-refractivity contribution in [1.82, 2.24) is 10.2 Å². The molecule has 1 aromatic heterocycles. The Morgan fingerprint density at radius 1 is 1.20 bits per heavy atom. The minimum Gasteiger partial charge on any atom is -0.481 e. The standard InChI is InChI=1S/C13H18N4O3/c14-12(18)10-6-7-11(17-16-10)15-9-5-3-1-2-4-8(9)13(19)20/h6-9H,1-5H2,(H2,14,18)(H,15,17)(H,19,20). The molecule has 4 N–H and O–H groups in total. The Hall–Kier alpha value is -2.18. The van der Waals surface area contributed by atoms with E-state index < -0.39 is 17.8 Å². The first-order chi connectivity index (χ1) is 9.58. The second-order valence-corrected chi connectivity index (χ2v) is 5.00. The van der Waals surface area contributed by atoms with E-state index >= 15 is 0 Å². The Balaban J connectivity index is 2.09. The summed E-state index contributed by atoms with van der Waals surface area (Å²) in [6.07, 6.45) is 4.43. The van der Waals surface area contributed by atoms with E-state index in [9.17, 15) is 14.7 Å². The van der Waals surface area contributed by atoms with E-state index in [1.807, 2.05) is 0 Å². The molecule has 1 amide bonds. The predicted octanol–water partition coefficient (Wildman–Crippen LogP) is 1.02. The van der Waals surface area contributed by atoms with Gasteiger partial charge in [0, 0.05) is 6.04 Å². The summed E-state index contributed by atoms with van der Waals surface area (Å²) in [5.74, 6) is -1.38. The molecule has 0 bridgehead atoms. The van der Waals surface area contributed by atoms with Crippen LogP contribution in [0.15, 0.2) is 12.1 Å². The smallest absolute Gasteiger partial charge is 0.308 e. The van der Waals surface area contributed by atoms with Crippen LogP contribution in [-0.4, -0.2) is 33.2 Å². The molecule has 1 aromatic rings. The number of carboxylic acid groups (broad SMARTS) is 1. The predicted molar refractivity (Wildman–Crippen MR) is 72.2 cm³/mol. The number of rotatable bonds is 4. The highest BCUT2D eigenvalue weighted by atomic mass is 16.4. The monoisotopic (exact) mass is 278 g/mol. The van der Waals surface area contributed by atoms with Gasteiger partial charge in [0.15, 0.2) is 5.69 Å². The van der Waals surface area contributed by atoms with E-state index in [0.29, 0.717) is 12.2 Å². The van der Waals surface area contributed by atoms with Crippen molar-refractivity contribution in [1.29, 1.82) is 0 Å². The van der Waals surface area contributed by atoms with E-state index in [2.05, 4.69) is 15.5 Å². The van der Waals surface area contributed by atoms with Crippen LogP contribution in [0.1, 0.15) is 42.6 Å². The number of nitrogens with zero attached hydrogens (tertiary/aromatic N) is 2. The first-order valence-electron chi connectivity index (χ1n) is 6.71. The van der Waals surface area contributed by atoms with Gasteiger partial charge in [-0.2, -0.15) is 0 Å². The lowest BCUT2D eigenvalue weighted by molar-refractivity contribution is -0.142. The van der Waals surface area contributed by atoms with Crippen molar-refractivity contribution in [2.75, 3.05) is 5.32 Å². The van der Waals surface area contributed by atoms with Gasteiger partial charge in [-0.3, -0.25) is 9.59 Å². The van der Waals surface area contributed by atoms with Gasteiger partial charge in [-0.15, -0.1) is 10.2 Å². The highest BCUT2D eigenvalue weighted by molar-refractivity contribution is 5.90. The van der Waals surface area contributed by atoms with Crippen LogP contribution in [-0.2, 0) is 4.79 Å². The number of hydrogen-bond acceptors (Lipinski definition) is 5. The van der Waals surface area contributed by atoms with Crippen molar-refractivity contribution in [2.24, 2.45) is 11.7 Å². The molecule has 2 atom stereocenters. The molecule has 1 heterocycles. The van der Waals surface area contributed by atoms with Crippen LogP contribution in [0.4, 0.5) is 5.82 Å². The quantitative estimate of drug-likeness (QED) is 0.708. The highest BCUT2D eigenvalue weighted by Gasteiger charge is 2.29. The first-order valence-corrected chi connectivity index (χ1v) is 6.71. The zero-order valence-corrected chi connectivity index (χ0v) is 11.1. The van der Waals surface area contributed by atoms with Gasteiger partial charge >= 0.3 is 5.97 Å². The number of nitrogens with two attached hydrogens (primary N) is 1. The molecule has 7 heteroatoms. The molecule has 0 aromatic carbocycles. The number of hydrogen-bond donors (Lipinski definition) is 3. The van der Waals surface area contributed by atoms with Gasteiger partial charge in [0.05, 0.1) is 5.92 Å². The van der Waals surface area contributed by atoms with Gasteiger partial charge in [0.25, 0.3) is 5.91 Å². The fourth-order valence-corrected chi connectivity index (χ4v) is 2.51. The average Bonchev–Trinajstić information content (AvgIpc) is 2.65. The van der Waals surface area contributed by atoms with Crippen LogP contribution in [0, 0.1) is 5.92 Å². The fraction of sp³-hybridized carbons (Fsp3) is 0.538. The van der Waals surface area contributed by atoms with Crippen molar-refractivity contribution in [3.05, 3.63) is 17.8 Å². The van der Waals surface area contributed by atoms with Gasteiger partial charge in [0.1, 0.15) is 5.82 Å². The molecule has 0 radical (unpaired) electrons. The van der Waals surface area contributed by atoms with Gasteiger partial charge in [0.2, 0.25) is 0 Å². The third-order valence-electron chi connectivity index (χ3n) is 3.58. The summed E-state index contributed by atoms with van der Waals surface area (Å²) in [6, 6.07) is 2.91. The molecular formula is C13H18N4O3. The minimum absolute atomic E-state index is 0.0891. The number of carboxylic acids is 1. The number of primary amides is 1. The summed E-state index contributed by atoms with van der Waals surface area (Å²) >= 11 is 0. The summed E-state index contributed by atoms with van der Waals surface area (Å²) in [4.78, 5) is 22.2. The molecule has 1 aliphatic carbocycles. The van der Waals surface area contributed by atoms with Crippen molar-refractivity contribution in [3.63, 3.8) is 0 Å². The maximum Gasteiger partial charge on any atom is 0.308 e. The van der Waals surface area contributed by atoms with Crippen LogP contribution in [0.2, 0.25) is 0 Å². The molecule has 2 unspecified atom stereocenters. The molecule has 0 aliphatic heterocycles. The molecule has 20 heavy (non-hydrogen) atoms. The maximum atomic E-state index is 11.3. The molecule has 0 spiro atoms. The summed E-state index contributed by atoms with van der Waals surface area (Å²) in [5.41, 5.74) is 5.18. The van der Waals surface area contributed by atoms with E-state index in [1.54, 1.807) is 6.07 Å². The zero-order chi connectivity index (χ0) is 14.5. The molecule has 7 nitrogen and oxygen atoms in total. The molecule has 0 saturated heterocycles. The number of anilines is 1. The van der Waals surface area contributed by atoms with Gasteiger partial charge < -0.3 is 16.2 Å². The second kappa shape index (κ2) is 6.31. The van der Waals surface area contributed by atoms with Crippen LogP contribution in [0.3, 0.4) is 0 Å². The largest absolute Gasteiger partial charge is 0.481 e. The normalized spacial score (nSPS) is 22.8. The number of nitrogens with one attached hydrogen (secondary N) is 1. The lowest BCUT2D eigenvalue weighted by atomic mass is 9.95. The Kier molecular flexibility index (Phi) is 4.49. The summed E-state index contributed by atoms with van der Waals surface area (Å²) < 4.78 is 0. The molecule has 1 saturated carbocycles. The topological polar surface area (TPSA) is 118 Å². The van der Waals surface area contributed by atoms with Crippen LogP contribution < -0.4 is 11.1 Å². The Labute approximate surface area is 116 Å². The summed E-state index contributed by atoms with van der Waals surface area (Å²) in [5, 5.41) is 20.0. The fourth-order valence-electron chi connectivity index (χ4n) is 2.51. The highest BCUT2D eigenvalue weighted by Crippen LogP contribution is 2.26. The Morgan fingerprint density at radius 3 is 2.55 bits per heavy atom. The van der Waals surface area contributed by atoms with Gasteiger partial charge in [-0.05, 0) is 25.0 Å². The molecule has 1 aliphatic rings. The van der Waals surface area contributed by atoms with E-state index in [0.717, 1.165) is 25.7 Å². The van der Waals surface area contributed by atoms with Crippen LogP contribution >= 0.6 is 0 Å². The maximum absolute atomic E-state index is 11.3. The second-order valence-electron chi connectivity index (χ2n) is 5.00. The van der Waals surface area contributed by atoms with E-state index in [4.69, 9.17) is 5.73 Å². The number of carbonyl (C=O) groups is 2. The Bertz CT molecular complexity index is 489. The summed E-state index contributed by atoms with van der Waals surface area (Å²) in [6.45, 7) is 0. The Morgan fingerprint density at radius 2 is 1.95 bits per heavy atom. The summed E-state index contributed by atoms with van der Waals surface area (Å²) in [7, 11) is 0. The molecule has 108 valence electrons. The minimum atomic E-state index is -0.786. The van der Waals surface area contributed by atoms with Gasteiger partial charge in [-0.25, -0.2) is 0 Å². The van der Waals surface area contributed by atoms with Gasteiger partial charge in [-0.1, -0.05) is 19.3 Å². The van der Waals surface area contributed by atoms with Crippen molar-refractivity contribution in [3.8, 4) is 0 Å². The van der Waals surface area contributed by atoms with E-state index in [-0.39, 0.29) is 11.7 Å². The first kappa shape index (κ1) is 14.2. The van der Waals surface area contributed by atoms with Crippen molar-refractivity contribution < 1.29 is 14.7 Å². The lowest BCUT2D eigenvalue weighted by Gasteiger charge is -2.23. The lowest BCUT2D eigenvalue weighted by Crippen LogP contribution is -2.34. The van der Waals surface area contributed by atoms with Crippen molar-refractivity contribution in [2.45, 2.75) is 38.1 Å². The van der Waals surface area contributed by atoms with Crippen LogP contribution in [0.5, 0.6) is 0 Å². The number of aliphatic carboxylic acids is 1. The SMILES string of the molecule is NC(=O)c1ccc(NC2CCCCCC2C(=O)O)nn1. The van der Waals surface area contributed by atoms with Crippen LogP contribution in [0.25, 0.3) is 0 Å². The number of aromatic nitrogens is 2. The molecule has 2 rings (SSSR count). The van der Waals surface area contributed by atoms with Crippen molar-refractivity contribution >= 4 is 17.7 Å². The zero-order valence-electron chi connectivity index (χ0n) is 11.1. The third kappa shape index (κ3) is 3.43. The van der Waals surface area contributed by atoms with E-state index in [1.165, 1.54) is 6.07 Å². The molecular weight excluding hydrogens is 260 g/mol. The molecule has 1 fully saturated rings. The number of carbonyl (C=O) groups excluding carboxylic acids is 1. The average molecular weight is 278 g/mol.